The molecule has 0 heterocycles. The van der Waals surface area contributed by atoms with Gasteiger partial charge in [-0.1, -0.05) is 18.2 Å². The van der Waals surface area contributed by atoms with E-state index in [-0.39, 0.29) is 0 Å². The minimum atomic E-state index is 0.800. The number of para-hydroxylation sites is 1. The van der Waals surface area contributed by atoms with Gasteiger partial charge in [0.05, 0.1) is 0 Å². The maximum atomic E-state index is 5.76. The van der Waals surface area contributed by atoms with E-state index in [0.29, 0.717) is 0 Å². The predicted octanol–water partition coefficient (Wildman–Crippen LogP) is 1.51. The van der Waals surface area contributed by atoms with Crippen LogP contribution >= 0.6 is 0 Å². The second kappa shape index (κ2) is 3.10. The molecule has 0 aliphatic carbocycles. The average Bonchev–Trinajstić information content (AvgIpc) is 1.99. The van der Waals surface area contributed by atoms with Crippen LogP contribution in [0.1, 0.15) is 11.1 Å². The minimum Gasteiger partial charge on any atom is -0.405 e. The van der Waals surface area contributed by atoms with E-state index >= 15 is 0 Å². The highest BCUT2D eigenvalue weighted by Crippen LogP contribution is 2.16. The summed E-state index contributed by atoms with van der Waals surface area (Å²) < 4.78 is 0. The van der Waals surface area contributed by atoms with Crippen molar-refractivity contribution >= 4 is 11.8 Å². The Hall–Kier alpha value is -1.44. The summed E-state index contributed by atoms with van der Waals surface area (Å²) in [6, 6.07) is 5.87. The van der Waals surface area contributed by atoms with Crippen LogP contribution in [0.15, 0.2) is 24.4 Å². The number of benzene rings is 1. The predicted molar refractivity (Wildman–Crippen MR) is 48.8 cm³/mol. The van der Waals surface area contributed by atoms with Gasteiger partial charge in [-0.2, -0.15) is 0 Å². The zero-order valence-corrected chi connectivity index (χ0v) is 6.54. The number of aryl methyl sites for hydroxylation is 1. The number of anilines is 1. The summed E-state index contributed by atoms with van der Waals surface area (Å²) in [6.45, 7) is 1.98. The fraction of sp³-hybridized carbons (Fsp3) is 0.111. The lowest BCUT2D eigenvalue weighted by Crippen LogP contribution is -1.92. The SMILES string of the molecule is Cc1cccc(/C=C\N)c1N. The molecule has 1 aromatic rings. The molecule has 2 heteroatoms. The second-order valence-corrected chi connectivity index (χ2v) is 2.44. The molecular weight excluding hydrogens is 136 g/mol. The van der Waals surface area contributed by atoms with E-state index in [9.17, 15) is 0 Å². The summed E-state index contributed by atoms with van der Waals surface area (Å²) in [5.41, 5.74) is 13.9. The Morgan fingerprint density at radius 2 is 2.09 bits per heavy atom. The highest BCUT2D eigenvalue weighted by Gasteiger charge is 1.95. The molecule has 0 amide bonds. The second-order valence-electron chi connectivity index (χ2n) is 2.44. The first kappa shape index (κ1) is 7.66. The first-order valence-electron chi connectivity index (χ1n) is 3.49. The van der Waals surface area contributed by atoms with Gasteiger partial charge in [-0.15, -0.1) is 0 Å². The van der Waals surface area contributed by atoms with Gasteiger partial charge in [0.25, 0.3) is 0 Å². The number of rotatable bonds is 1. The average molecular weight is 148 g/mol. The third kappa shape index (κ3) is 1.52. The molecule has 58 valence electrons. The largest absolute Gasteiger partial charge is 0.405 e. The van der Waals surface area contributed by atoms with Crippen LogP contribution in [0.2, 0.25) is 0 Å². The monoisotopic (exact) mass is 148 g/mol. The quantitative estimate of drug-likeness (QED) is 0.593. The van der Waals surface area contributed by atoms with E-state index < -0.39 is 0 Å². The molecule has 0 aliphatic heterocycles. The normalized spacial score (nSPS) is 10.6. The van der Waals surface area contributed by atoms with Crippen LogP contribution in [-0.2, 0) is 0 Å². The highest BCUT2D eigenvalue weighted by molar-refractivity contribution is 5.66. The number of hydrogen-bond donors (Lipinski definition) is 2. The van der Waals surface area contributed by atoms with Crippen LogP contribution < -0.4 is 11.5 Å². The Balaban J connectivity index is 3.16. The lowest BCUT2D eigenvalue weighted by molar-refractivity contribution is 1.45. The summed E-state index contributed by atoms with van der Waals surface area (Å²) in [6.07, 6.45) is 3.29. The van der Waals surface area contributed by atoms with Crippen molar-refractivity contribution in [3.8, 4) is 0 Å². The van der Waals surface area contributed by atoms with E-state index in [1.165, 1.54) is 6.20 Å². The molecule has 0 fully saturated rings. The van der Waals surface area contributed by atoms with Crippen LogP contribution in [0.25, 0.3) is 6.08 Å². The Kier molecular flexibility index (Phi) is 2.16. The van der Waals surface area contributed by atoms with Crippen molar-refractivity contribution in [1.82, 2.24) is 0 Å². The zero-order valence-electron chi connectivity index (χ0n) is 6.54. The Morgan fingerprint density at radius 3 is 2.73 bits per heavy atom. The van der Waals surface area contributed by atoms with E-state index in [4.69, 9.17) is 11.5 Å². The lowest BCUT2D eigenvalue weighted by Gasteiger charge is -2.02. The van der Waals surface area contributed by atoms with Crippen molar-refractivity contribution in [1.29, 1.82) is 0 Å². The van der Waals surface area contributed by atoms with Crippen LogP contribution in [0, 0.1) is 6.92 Å². The van der Waals surface area contributed by atoms with Crippen molar-refractivity contribution in [2.45, 2.75) is 6.92 Å². The molecule has 0 saturated heterocycles. The summed E-state index contributed by atoms with van der Waals surface area (Å²) in [5, 5.41) is 0. The van der Waals surface area contributed by atoms with E-state index in [1.54, 1.807) is 6.08 Å². The lowest BCUT2D eigenvalue weighted by atomic mass is 10.1. The highest BCUT2D eigenvalue weighted by atomic mass is 14.6. The maximum Gasteiger partial charge on any atom is 0.0417 e. The van der Waals surface area contributed by atoms with Gasteiger partial charge in [0.15, 0.2) is 0 Å². The molecule has 11 heavy (non-hydrogen) atoms. The topological polar surface area (TPSA) is 52.0 Å². The van der Waals surface area contributed by atoms with Crippen molar-refractivity contribution in [2.75, 3.05) is 5.73 Å². The van der Waals surface area contributed by atoms with Crippen LogP contribution in [-0.4, -0.2) is 0 Å². The molecule has 1 aromatic carbocycles. The molecule has 4 N–H and O–H groups in total. The van der Waals surface area contributed by atoms with Gasteiger partial charge in [0, 0.05) is 5.69 Å². The standard InChI is InChI=1S/C9H12N2/c1-7-3-2-4-8(5-6-10)9(7)11/h2-6H,10-11H2,1H3/b6-5-. The van der Waals surface area contributed by atoms with Gasteiger partial charge in [0.1, 0.15) is 0 Å². The van der Waals surface area contributed by atoms with Crippen molar-refractivity contribution in [2.24, 2.45) is 5.73 Å². The molecule has 0 spiro atoms. The van der Waals surface area contributed by atoms with Gasteiger partial charge in [-0.3, -0.25) is 0 Å². The van der Waals surface area contributed by atoms with Crippen molar-refractivity contribution in [3.63, 3.8) is 0 Å². The van der Waals surface area contributed by atoms with Crippen LogP contribution in [0.5, 0.6) is 0 Å². The van der Waals surface area contributed by atoms with E-state index in [1.807, 2.05) is 25.1 Å². The molecule has 1 rings (SSSR count). The summed E-state index contributed by atoms with van der Waals surface area (Å²) in [4.78, 5) is 0. The molecule has 0 aliphatic rings. The molecule has 0 unspecified atom stereocenters. The van der Waals surface area contributed by atoms with Gasteiger partial charge >= 0.3 is 0 Å². The molecule has 0 bridgehead atoms. The third-order valence-electron chi connectivity index (χ3n) is 1.63. The fourth-order valence-corrected chi connectivity index (χ4v) is 0.952. The van der Waals surface area contributed by atoms with Crippen LogP contribution in [0.3, 0.4) is 0 Å². The Morgan fingerprint density at radius 1 is 1.36 bits per heavy atom. The Bertz CT molecular complexity index is 277. The smallest absolute Gasteiger partial charge is 0.0417 e. The van der Waals surface area contributed by atoms with Gasteiger partial charge in [0.2, 0.25) is 0 Å². The van der Waals surface area contributed by atoms with E-state index in [0.717, 1.165) is 16.8 Å². The fourth-order valence-electron chi connectivity index (χ4n) is 0.952. The molecule has 0 radical (unpaired) electrons. The molecule has 0 atom stereocenters. The third-order valence-corrected chi connectivity index (χ3v) is 1.63. The van der Waals surface area contributed by atoms with Gasteiger partial charge in [-0.25, -0.2) is 0 Å². The Labute approximate surface area is 66.5 Å². The molecular formula is C9H12N2. The molecule has 2 nitrogen and oxygen atoms in total. The molecule has 0 aromatic heterocycles. The summed E-state index contributed by atoms with van der Waals surface area (Å²) >= 11 is 0. The van der Waals surface area contributed by atoms with Crippen molar-refractivity contribution < 1.29 is 0 Å². The first-order valence-corrected chi connectivity index (χ1v) is 3.49. The molecule has 0 saturated carbocycles. The van der Waals surface area contributed by atoms with Crippen LogP contribution in [0.4, 0.5) is 5.69 Å². The zero-order chi connectivity index (χ0) is 8.27. The maximum absolute atomic E-state index is 5.76. The van der Waals surface area contributed by atoms with Gasteiger partial charge in [-0.05, 0) is 30.3 Å². The summed E-state index contributed by atoms with van der Waals surface area (Å²) in [5.74, 6) is 0. The number of hydrogen-bond acceptors (Lipinski definition) is 2. The van der Waals surface area contributed by atoms with E-state index in [2.05, 4.69) is 0 Å². The first-order chi connectivity index (χ1) is 5.25. The van der Waals surface area contributed by atoms with Gasteiger partial charge < -0.3 is 11.5 Å². The summed E-state index contributed by atoms with van der Waals surface area (Å²) in [7, 11) is 0. The minimum absolute atomic E-state index is 0.800. The number of nitrogens with two attached hydrogens (primary N) is 2. The van der Waals surface area contributed by atoms with Crippen molar-refractivity contribution in [3.05, 3.63) is 35.5 Å². The number of nitrogen functional groups attached to an aromatic ring is 1.